The number of furan rings is 2. The molecule has 2 aromatic heterocycles. The van der Waals surface area contributed by atoms with Gasteiger partial charge in [0.25, 0.3) is 20.0 Å². The first-order valence-electron chi connectivity index (χ1n) is 18.4. The van der Waals surface area contributed by atoms with E-state index in [0.29, 0.717) is 48.2 Å². The maximum Gasteiger partial charge on any atom is 0.342 e. The molecule has 1 unspecified atom stereocenters. The van der Waals surface area contributed by atoms with Gasteiger partial charge in [0.05, 0.1) is 17.7 Å². The quantitative estimate of drug-likeness (QED) is 0.148. The van der Waals surface area contributed by atoms with E-state index in [0.717, 1.165) is 91.9 Å². The van der Waals surface area contributed by atoms with Crippen LogP contribution in [0.4, 0.5) is 21.0 Å². The fraction of sp³-hybridized carbons (Fsp3) is 0.368. The number of ether oxygens (including phenoxy) is 2. The average molecular weight is 807 g/mol. The number of urea groups is 2. The van der Waals surface area contributed by atoms with Gasteiger partial charge in [-0.05, 0) is 122 Å². The Kier molecular flexibility index (Phi) is 9.64. The van der Waals surface area contributed by atoms with Gasteiger partial charge in [-0.1, -0.05) is 12.1 Å². The Morgan fingerprint density at radius 2 is 1.12 bits per heavy atom. The van der Waals surface area contributed by atoms with E-state index < -0.39 is 60.3 Å². The van der Waals surface area contributed by atoms with E-state index >= 15 is 0 Å². The fourth-order valence-electron chi connectivity index (χ4n) is 8.20. The molecule has 0 bridgehead atoms. The summed E-state index contributed by atoms with van der Waals surface area (Å²) in [5, 5.41) is 4.15. The van der Waals surface area contributed by atoms with Crippen molar-refractivity contribution in [3.8, 4) is 0 Å². The zero-order valence-electron chi connectivity index (χ0n) is 30.2. The number of aryl methyl sites for hydroxylation is 3. The van der Waals surface area contributed by atoms with Crippen molar-refractivity contribution >= 4 is 55.4 Å². The number of anilines is 2. The molecule has 4 aliphatic rings. The summed E-state index contributed by atoms with van der Waals surface area (Å²) < 4.78 is 77.1. The number of amides is 4. The van der Waals surface area contributed by atoms with Crippen LogP contribution in [-0.4, -0.2) is 47.4 Å². The molecule has 1 atom stereocenters. The highest BCUT2D eigenvalue weighted by molar-refractivity contribution is 7.90. The van der Waals surface area contributed by atoms with Crippen LogP contribution < -0.4 is 20.1 Å². The van der Waals surface area contributed by atoms with Gasteiger partial charge >= 0.3 is 24.0 Å². The molecule has 18 heteroatoms. The summed E-state index contributed by atoms with van der Waals surface area (Å²) in [7, 11) is -9.02. The molecule has 4 N–H and O–H groups in total. The Balaban J connectivity index is 0.940. The first-order valence-corrected chi connectivity index (χ1v) is 21.3. The maximum atomic E-state index is 13.3. The van der Waals surface area contributed by atoms with Crippen LogP contribution in [0.5, 0.6) is 0 Å². The Bertz CT molecular complexity index is 2510. The standard InChI is InChI=1S/C38H38N4O12S2/c1-2-51-35(43)23-16-31(52-18-23)55(47,48)42-38(46)40-34-27-11-5-8-22(27)15-29-28(34)12-13-30(29)54-36(44)24-17-32(53-19-24)56(49,50)41-37(45)39-33-25-9-3-6-20(25)14-21-7-4-10-26(21)33/h14-19,30H,2-13H2,1H3,(H2,39,41,45)(H2,40,42,46). The summed E-state index contributed by atoms with van der Waals surface area (Å²) in [5.74, 6) is -1.65. The van der Waals surface area contributed by atoms with E-state index in [2.05, 4.69) is 16.7 Å². The molecule has 0 spiro atoms. The lowest BCUT2D eigenvalue weighted by Gasteiger charge is -2.18. The van der Waals surface area contributed by atoms with E-state index in [1.165, 1.54) is 11.1 Å². The van der Waals surface area contributed by atoms with E-state index in [-0.39, 0.29) is 17.7 Å². The van der Waals surface area contributed by atoms with Crippen molar-refractivity contribution in [1.82, 2.24) is 9.44 Å². The molecule has 2 aromatic carbocycles. The Hall–Kier alpha value is -5.62. The van der Waals surface area contributed by atoms with Crippen LogP contribution in [0.3, 0.4) is 0 Å². The highest BCUT2D eigenvalue weighted by atomic mass is 32.2. The Morgan fingerprint density at radius 1 is 0.643 bits per heavy atom. The first kappa shape index (κ1) is 37.3. The third kappa shape index (κ3) is 7.02. The second kappa shape index (κ2) is 14.5. The molecule has 2 heterocycles. The van der Waals surface area contributed by atoms with E-state index in [4.69, 9.17) is 18.3 Å². The van der Waals surface area contributed by atoms with Crippen molar-refractivity contribution in [3.05, 3.63) is 92.4 Å². The topological polar surface area (TPSA) is 229 Å². The van der Waals surface area contributed by atoms with E-state index in [1.807, 2.05) is 15.5 Å². The summed E-state index contributed by atoms with van der Waals surface area (Å²) in [6.45, 7) is 1.67. The summed E-state index contributed by atoms with van der Waals surface area (Å²) in [6, 6.07) is 4.05. The van der Waals surface area contributed by atoms with Crippen LogP contribution in [0, 0.1) is 0 Å². The Morgan fingerprint density at radius 3 is 1.64 bits per heavy atom. The van der Waals surface area contributed by atoms with Crippen molar-refractivity contribution in [2.24, 2.45) is 0 Å². The summed E-state index contributed by atoms with van der Waals surface area (Å²) in [6.07, 6.45) is 9.24. The summed E-state index contributed by atoms with van der Waals surface area (Å²) >= 11 is 0. The van der Waals surface area contributed by atoms with Crippen molar-refractivity contribution in [1.29, 1.82) is 0 Å². The number of rotatable bonds is 10. The second-order valence-corrected chi connectivity index (χ2v) is 17.4. The van der Waals surface area contributed by atoms with Gasteiger partial charge in [-0.25, -0.2) is 28.6 Å². The number of carbonyl (C=O) groups excluding carboxylic acids is 4. The van der Waals surface area contributed by atoms with Gasteiger partial charge in [-0.2, -0.15) is 16.8 Å². The van der Waals surface area contributed by atoms with E-state index in [1.54, 1.807) is 6.92 Å². The number of carbonyl (C=O) groups is 4. The number of sulfonamides is 2. The van der Waals surface area contributed by atoms with E-state index in [9.17, 15) is 36.0 Å². The summed E-state index contributed by atoms with van der Waals surface area (Å²) in [4.78, 5) is 51.4. The fourth-order valence-corrected chi connectivity index (χ4v) is 9.91. The third-order valence-corrected chi connectivity index (χ3v) is 13.0. The molecule has 0 fully saturated rings. The molecule has 4 aliphatic carbocycles. The smallest absolute Gasteiger partial charge is 0.342 e. The minimum Gasteiger partial charge on any atom is -0.462 e. The van der Waals surface area contributed by atoms with Crippen LogP contribution in [0.1, 0.15) is 104 Å². The number of esters is 2. The number of hydrogen-bond acceptors (Lipinski definition) is 12. The van der Waals surface area contributed by atoms with Gasteiger partial charge in [0.15, 0.2) is 0 Å². The van der Waals surface area contributed by atoms with Crippen molar-refractivity contribution in [2.45, 2.75) is 93.8 Å². The highest BCUT2D eigenvalue weighted by Gasteiger charge is 2.35. The lowest BCUT2D eigenvalue weighted by Crippen LogP contribution is -2.34. The molecule has 8 rings (SSSR count). The van der Waals surface area contributed by atoms with Gasteiger partial charge in [-0.3, -0.25) is 0 Å². The van der Waals surface area contributed by atoms with Gasteiger partial charge < -0.3 is 28.9 Å². The van der Waals surface area contributed by atoms with Crippen molar-refractivity contribution in [2.75, 3.05) is 17.2 Å². The van der Waals surface area contributed by atoms with Crippen molar-refractivity contribution in [3.63, 3.8) is 0 Å². The lowest BCUT2D eigenvalue weighted by atomic mass is 9.98. The minimum absolute atomic E-state index is 0.0735. The Labute approximate surface area is 321 Å². The summed E-state index contributed by atoms with van der Waals surface area (Å²) in [5.41, 5.74) is 8.23. The lowest BCUT2D eigenvalue weighted by molar-refractivity contribution is 0.0300. The maximum absolute atomic E-state index is 13.3. The monoisotopic (exact) mass is 806 g/mol. The molecular formula is C38H38N4O12S2. The van der Waals surface area contributed by atoms with Gasteiger partial charge in [0.2, 0.25) is 10.2 Å². The molecule has 0 radical (unpaired) electrons. The molecule has 0 saturated carbocycles. The van der Waals surface area contributed by atoms with Crippen LogP contribution in [0.15, 0.2) is 55.8 Å². The normalized spacial score (nSPS) is 16.7. The molecule has 294 valence electrons. The largest absolute Gasteiger partial charge is 0.462 e. The zero-order valence-corrected chi connectivity index (χ0v) is 31.9. The van der Waals surface area contributed by atoms with Crippen molar-refractivity contribution < 1.29 is 54.3 Å². The van der Waals surface area contributed by atoms with Gasteiger partial charge in [0, 0.05) is 23.5 Å². The molecule has 16 nitrogen and oxygen atoms in total. The zero-order chi connectivity index (χ0) is 39.4. The molecule has 0 aliphatic heterocycles. The molecule has 4 amide bonds. The SMILES string of the molecule is CCOC(=O)c1coc(S(=O)(=O)NC(=O)Nc2c3c(cc4c2CCC4OC(=O)c2coc(S(=O)(=O)NC(=O)Nc4c5c(cc6c4CCC6)CCC5)c2)CCC3)c1. The molecule has 56 heavy (non-hydrogen) atoms. The van der Waals surface area contributed by atoms with Gasteiger partial charge in [0.1, 0.15) is 18.6 Å². The number of benzene rings is 2. The van der Waals surface area contributed by atoms with Crippen LogP contribution in [0.25, 0.3) is 0 Å². The minimum atomic E-state index is -4.51. The number of nitrogens with one attached hydrogen (secondary N) is 4. The van der Waals surface area contributed by atoms with Gasteiger partial charge in [-0.15, -0.1) is 0 Å². The average Bonchev–Trinajstić information content (AvgIpc) is 3.99. The van der Waals surface area contributed by atoms with Crippen LogP contribution in [0.2, 0.25) is 0 Å². The van der Waals surface area contributed by atoms with Crippen LogP contribution >= 0.6 is 0 Å². The second-order valence-electron chi connectivity index (χ2n) is 14.1. The number of fused-ring (bicyclic) bond motifs is 4. The molecular weight excluding hydrogens is 769 g/mol. The predicted octanol–water partition coefficient (Wildman–Crippen LogP) is 5.38. The number of hydrogen-bond donors (Lipinski definition) is 4. The highest BCUT2D eigenvalue weighted by Crippen LogP contribution is 2.44. The molecule has 0 saturated heterocycles. The third-order valence-electron chi connectivity index (χ3n) is 10.6. The molecule has 4 aromatic rings. The first-order chi connectivity index (χ1) is 26.8. The predicted molar refractivity (Wildman–Crippen MR) is 197 cm³/mol. The van der Waals surface area contributed by atoms with Crippen LogP contribution in [-0.2, 0) is 74.5 Å².